The lowest BCUT2D eigenvalue weighted by molar-refractivity contribution is -0.757. The molecule has 324 valence electrons. The average Bonchev–Trinajstić information content (AvgIpc) is 3.52. The first-order valence-corrected chi connectivity index (χ1v) is 18.3. The second-order valence-corrected chi connectivity index (χ2v) is 14.6. The first kappa shape index (κ1) is 45.9. The number of methoxy groups -OCH3 is 1. The number of ether oxygens (including phenoxy) is 5. The van der Waals surface area contributed by atoms with Gasteiger partial charge in [-0.15, -0.1) is 20.2 Å². The fourth-order valence-corrected chi connectivity index (χ4v) is 8.21. The summed E-state index contributed by atoms with van der Waals surface area (Å²) in [5.74, 6) is -4.69. The van der Waals surface area contributed by atoms with Crippen LogP contribution in [0.1, 0.15) is 62.7 Å². The van der Waals surface area contributed by atoms with E-state index < -0.39 is 93.2 Å². The number of carboxylic acid groups (broad SMARTS) is 1. The molecule has 5 rings (SSSR count). The second-order valence-electron chi connectivity index (χ2n) is 14.6. The summed E-state index contributed by atoms with van der Waals surface area (Å²) in [4.78, 5) is 87.8. The molecule has 0 radical (unpaired) electrons. The highest BCUT2D eigenvalue weighted by atomic mass is 19.1. The third kappa shape index (κ3) is 10.3. The summed E-state index contributed by atoms with van der Waals surface area (Å²) in [5, 5.41) is 37.2. The van der Waals surface area contributed by atoms with Crippen molar-refractivity contribution >= 4 is 29.7 Å². The number of alkyl halides is 2. The quantitative estimate of drug-likeness (QED) is 0.0739. The van der Waals surface area contributed by atoms with Gasteiger partial charge in [-0.2, -0.15) is 0 Å². The first-order chi connectivity index (χ1) is 27.8. The van der Waals surface area contributed by atoms with Gasteiger partial charge in [-0.05, 0) is 80.9 Å². The molecule has 1 saturated heterocycles. The summed E-state index contributed by atoms with van der Waals surface area (Å²) in [5.41, 5.74) is -4.97. The smallest absolute Gasteiger partial charge is 0.493 e. The van der Waals surface area contributed by atoms with Gasteiger partial charge in [0.1, 0.15) is 12.3 Å². The van der Waals surface area contributed by atoms with Crippen LogP contribution < -0.4 is 9.47 Å². The van der Waals surface area contributed by atoms with Crippen LogP contribution in [0, 0.1) is 42.9 Å². The molecule has 0 spiro atoms. The number of nitrogens with zero attached hydrogens (tertiary/aromatic N) is 2. The molecule has 20 nitrogen and oxygen atoms in total. The van der Waals surface area contributed by atoms with Gasteiger partial charge in [0.2, 0.25) is 0 Å². The Morgan fingerprint density at radius 3 is 2.29 bits per heavy atom. The Balaban J connectivity index is 0.000000680. The average molecular weight is 843 g/mol. The minimum atomic E-state index is -2.33. The standard InChI is InChI=1S/C33H37F2NO13.C4H7NO5/c1-31-15-27(39)33(35)20(14-23(34)21-13-19(37)8-9-32(21,33)2)22(31)16-46-28(31)24(38)17-47-30(41)49-25-7-6-18(12-26(25)44-3)29(40)45-10-4-5-11-48-36(42)43;6-4(7)2-1-3-10-5(8)9/h6-9,12-13,20,22-23,27-28,39H,4-5,10-11,14-17H2,1-3H3;1-3H2,(H,6,7)/t20?,22?,23-,27?,28?,31?,32?,33-;/m0./s1. The molecule has 3 fully saturated rings. The molecule has 8 atom stereocenters. The number of fused-ring (bicyclic) bond motifs is 5. The van der Waals surface area contributed by atoms with Gasteiger partial charge in [-0.1, -0.05) is 13.0 Å². The molecule has 1 aromatic carbocycles. The molecular formula is C37H44F2N2O18. The van der Waals surface area contributed by atoms with Crippen molar-refractivity contribution in [2.75, 3.05) is 40.1 Å². The van der Waals surface area contributed by atoms with E-state index in [0.29, 0.717) is 12.8 Å². The fourth-order valence-electron chi connectivity index (χ4n) is 8.21. The number of aliphatic hydroxyl groups is 1. The number of esters is 1. The molecule has 1 aromatic rings. The predicted molar refractivity (Wildman–Crippen MR) is 191 cm³/mol. The van der Waals surface area contributed by atoms with Crippen LogP contribution >= 0.6 is 0 Å². The Morgan fingerprint density at radius 2 is 1.64 bits per heavy atom. The SMILES string of the molecule is COc1cc(C(=O)OCCCCO[N+](=O)[O-])ccc1OC(=O)OCC(=O)C1OCC2C3C[C@H](F)C4=CC(=O)C=CC4(C)[C@@]3(F)C(O)CC12C.O=C(O)CCCO[N+](=O)[O-]. The number of hydrogen-bond acceptors (Lipinski definition) is 17. The number of allylic oxidation sites excluding steroid dienone is 4. The van der Waals surface area contributed by atoms with Crippen LogP contribution in [0.25, 0.3) is 0 Å². The Labute approximate surface area is 334 Å². The van der Waals surface area contributed by atoms with E-state index in [9.17, 15) is 49.3 Å². The van der Waals surface area contributed by atoms with Crippen molar-refractivity contribution < 1.29 is 86.5 Å². The Hall–Kier alpha value is -5.77. The number of benzene rings is 1. The molecule has 2 saturated carbocycles. The topological polar surface area (TPSA) is 277 Å². The van der Waals surface area contributed by atoms with Crippen LogP contribution in [0.4, 0.5) is 13.6 Å². The summed E-state index contributed by atoms with van der Waals surface area (Å²) in [7, 11) is 1.26. The summed E-state index contributed by atoms with van der Waals surface area (Å²) >= 11 is 0. The van der Waals surface area contributed by atoms with Gasteiger partial charge in [-0.3, -0.25) is 14.4 Å². The lowest BCUT2D eigenvalue weighted by Gasteiger charge is -2.61. The molecule has 4 aliphatic rings. The fraction of sp³-hybridized carbons (Fsp3) is 0.595. The summed E-state index contributed by atoms with van der Waals surface area (Å²) < 4.78 is 59.1. The molecule has 1 heterocycles. The van der Waals surface area contributed by atoms with Crippen LogP contribution in [-0.4, -0.2) is 114 Å². The summed E-state index contributed by atoms with van der Waals surface area (Å²) in [6, 6.07) is 3.81. The van der Waals surface area contributed by atoms with Crippen LogP contribution in [-0.2, 0) is 38.3 Å². The third-order valence-corrected chi connectivity index (χ3v) is 11.0. The number of aliphatic carboxylic acids is 1. The van der Waals surface area contributed by atoms with E-state index in [1.165, 1.54) is 44.4 Å². The molecule has 1 aliphatic heterocycles. The minimum absolute atomic E-state index is 0.0126. The van der Waals surface area contributed by atoms with E-state index in [2.05, 4.69) is 9.68 Å². The van der Waals surface area contributed by atoms with E-state index >= 15 is 8.78 Å². The van der Waals surface area contributed by atoms with E-state index in [1.54, 1.807) is 6.92 Å². The number of Topliss-reactive ketones (excluding diaryl/α,β-unsaturated/α-hetero) is 1. The molecular weight excluding hydrogens is 798 g/mol. The second kappa shape index (κ2) is 19.3. The molecule has 0 amide bonds. The van der Waals surface area contributed by atoms with Gasteiger partial charge in [0.15, 0.2) is 35.3 Å². The normalized spacial score (nSPS) is 28.8. The van der Waals surface area contributed by atoms with Gasteiger partial charge in [0, 0.05) is 23.2 Å². The number of hydrogen-bond donors (Lipinski definition) is 2. The summed E-state index contributed by atoms with van der Waals surface area (Å²) in [6.45, 7) is 1.96. The summed E-state index contributed by atoms with van der Waals surface area (Å²) in [6.07, 6.45) is -1.96. The first-order valence-electron chi connectivity index (χ1n) is 18.3. The van der Waals surface area contributed by atoms with Gasteiger partial charge in [0.25, 0.3) is 10.2 Å². The number of carbonyl (C=O) groups excluding carboxylic acids is 4. The van der Waals surface area contributed by atoms with E-state index in [-0.39, 0.29) is 74.7 Å². The maximum Gasteiger partial charge on any atom is 0.514 e. The molecule has 0 bridgehead atoms. The van der Waals surface area contributed by atoms with Crippen molar-refractivity contribution in [3.8, 4) is 11.5 Å². The Kier molecular flexibility index (Phi) is 15.0. The highest BCUT2D eigenvalue weighted by Gasteiger charge is 2.73. The number of carbonyl (C=O) groups is 5. The van der Waals surface area contributed by atoms with Crippen molar-refractivity contribution in [1.82, 2.24) is 0 Å². The zero-order chi connectivity index (χ0) is 43.7. The van der Waals surface area contributed by atoms with E-state index in [4.69, 9.17) is 28.8 Å². The highest BCUT2D eigenvalue weighted by molar-refractivity contribution is 6.01. The third-order valence-electron chi connectivity index (χ3n) is 11.0. The van der Waals surface area contributed by atoms with Crippen LogP contribution in [0.15, 0.2) is 42.0 Å². The van der Waals surface area contributed by atoms with Gasteiger partial charge in [-0.25, -0.2) is 18.4 Å². The van der Waals surface area contributed by atoms with E-state index in [1.807, 2.05) is 0 Å². The Morgan fingerprint density at radius 1 is 0.983 bits per heavy atom. The van der Waals surface area contributed by atoms with Crippen LogP contribution in [0.2, 0.25) is 0 Å². The van der Waals surface area contributed by atoms with Crippen molar-refractivity contribution in [3.63, 3.8) is 0 Å². The van der Waals surface area contributed by atoms with E-state index in [0.717, 1.165) is 6.08 Å². The molecule has 3 aliphatic carbocycles. The van der Waals surface area contributed by atoms with Crippen molar-refractivity contribution in [2.24, 2.45) is 22.7 Å². The van der Waals surface area contributed by atoms with Gasteiger partial charge in [0.05, 0.1) is 45.2 Å². The molecule has 22 heteroatoms. The maximum absolute atomic E-state index is 17.2. The van der Waals surface area contributed by atoms with Crippen molar-refractivity contribution in [3.05, 3.63) is 67.8 Å². The highest BCUT2D eigenvalue weighted by Crippen LogP contribution is 2.67. The van der Waals surface area contributed by atoms with Gasteiger partial charge >= 0.3 is 18.1 Å². The maximum atomic E-state index is 17.2. The number of ketones is 2. The van der Waals surface area contributed by atoms with Gasteiger partial charge < -0.3 is 43.6 Å². The monoisotopic (exact) mass is 842 g/mol. The number of aliphatic hydroxyl groups excluding tert-OH is 1. The largest absolute Gasteiger partial charge is 0.514 e. The number of carboxylic acids is 1. The van der Waals surface area contributed by atoms with Crippen LogP contribution in [0.3, 0.4) is 0 Å². The molecule has 0 aromatic heterocycles. The minimum Gasteiger partial charge on any atom is -0.493 e. The Bertz CT molecular complexity index is 1840. The van der Waals surface area contributed by atoms with Crippen molar-refractivity contribution in [2.45, 2.75) is 76.4 Å². The molecule has 2 N–H and O–H groups in total. The molecule has 59 heavy (non-hydrogen) atoms. The zero-order valence-electron chi connectivity index (χ0n) is 32.2. The van der Waals surface area contributed by atoms with Crippen molar-refractivity contribution in [1.29, 1.82) is 0 Å². The van der Waals surface area contributed by atoms with Crippen LogP contribution in [0.5, 0.6) is 11.5 Å². The predicted octanol–water partition coefficient (Wildman–Crippen LogP) is 3.91. The number of rotatable bonds is 17. The zero-order valence-corrected chi connectivity index (χ0v) is 32.2. The lowest BCUT2D eigenvalue weighted by atomic mass is 9.45. The number of unbranched alkanes of at least 4 members (excludes halogenated alkanes) is 1. The number of halogens is 2. The lowest BCUT2D eigenvalue weighted by Crippen LogP contribution is -2.69. The molecule has 6 unspecified atom stereocenters.